The van der Waals surface area contributed by atoms with Gasteiger partial charge in [-0.2, -0.15) is 0 Å². The maximum Gasteiger partial charge on any atom is 0.414 e. The molecule has 0 aromatic rings. The Morgan fingerprint density at radius 2 is 2.06 bits per heavy atom. The lowest BCUT2D eigenvalue weighted by Gasteiger charge is -2.33. The Hall–Kier alpha value is -1.32. The minimum absolute atomic E-state index is 0.0623. The van der Waals surface area contributed by atoms with Crippen LogP contribution < -0.4 is 0 Å². The van der Waals surface area contributed by atoms with Crippen LogP contribution in [0.1, 0.15) is 34.1 Å². The first-order valence-corrected chi connectivity index (χ1v) is 5.61. The van der Waals surface area contributed by atoms with Gasteiger partial charge >= 0.3 is 6.09 Å². The zero-order valence-electron chi connectivity index (χ0n) is 10.3. The number of allylic oxidation sites excluding steroid dienone is 1. The third kappa shape index (κ3) is 3.08. The normalized spacial score (nSPS) is 20.8. The highest BCUT2D eigenvalue weighted by atomic mass is 16.6. The summed E-state index contributed by atoms with van der Waals surface area (Å²) in [7, 11) is 0. The van der Waals surface area contributed by atoms with Crippen LogP contribution in [0.25, 0.3) is 0 Å². The van der Waals surface area contributed by atoms with Crippen molar-refractivity contribution in [1.82, 2.24) is 4.90 Å². The molecule has 0 unspecified atom stereocenters. The van der Waals surface area contributed by atoms with Crippen molar-refractivity contribution in [2.45, 2.75) is 46.3 Å². The number of hydrogen-bond acceptors (Lipinski definition) is 3. The molecule has 16 heavy (non-hydrogen) atoms. The van der Waals surface area contributed by atoms with Gasteiger partial charge in [-0.25, -0.2) is 4.79 Å². The first-order valence-electron chi connectivity index (χ1n) is 5.61. The van der Waals surface area contributed by atoms with Crippen molar-refractivity contribution in [3.8, 4) is 0 Å². The van der Waals surface area contributed by atoms with Gasteiger partial charge in [0, 0.05) is 18.7 Å². The van der Waals surface area contributed by atoms with E-state index >= 15 is 0 Å². The fourth-order valence-corrected chi connectivity index (χ4v) is 1.66. The molecule has 0 N–H and O–H groups in total. The largest absolute Gasteiger partial charge is 0.446 e. The second-order valence-corrected chi connectivity index (χ2v) is 4.64. The zero-order valence-corrected chi connectivity index (χ0v) is 10.3. The van der Waals surface area contributed by atoms with Crippen molar-refractivity contribution in [2.75, 3.05) is 0 Å². The number of rotatable bonds is 2. The SMILES string of the molecule is CC(C)OC(=O)N1C=CC(=O)C[C@H]1C(C)C. The van der Waals surface area contributed by atoms with Crippen molar-refractivity contribution in [2.24, 2.45) is 5.92 Å². The van der Waals surface area contributed by atoms with Crippen LogP contribution in [0.5, 0.6) is 0 Å². The molecular weight excluding hydrogens is 206 g/mol. The monoisotopic (exact) mass is 225 g/mol. The van der Waals surface area contributed by atoms with Crippen LogP contribution in [0.15, 0.2) is 12.3 Å². The molecule has 1 aliphatic rings. The van der Waals surface area contributed by atoms with E-state index < -0.39 is 0 Å². The van der Waals surface area contributed by atoms with Gasteiger partial charge in [0.05, 0.1) is 6.10 Å². The molecule has 0 radical (unpaired) electrons. The zero-order chi connectivity index (χ0) is 12.3. The summed E-state index contributed by atoms with van der Waals surface area (Å²) >= 11 is 0. The quantitative estimate of drug-likeness (QED) is 0.724. The number of ether oxygens (including phenoxy) is 1. The number of nitrogens with zero attached hydrogens (tertiary/aromatic N) is 1. The smallest absolute Gasteiger partial charge is 0.414 e. The summed E-state index contributed by atoms with van der Waals surface area (Å²) in [6.07, 6.45) is 2.81. The Bertz CT molecular complexity index is 307. The molecule has 0 aromatic carbocycles. The molecule has 90 valence electrons. The van der Waals surface area contributed by atoms with Gasteiger partial charge in [0.2, 0.25) is 0 Å². The van der Waals surface area contributed by atoms with E-state index in [4.69, 9.17) is 4.74 Å². The Kier molecular flexibility index (Phi) is 4.10. The molecule has 1 atom stereocenters. The van der Waals surface area contributed by atoms with Gasteiger partial charge < -0.3 is 4.74 Å². The third-order valence-corrected chi connectivity index (χ3v) is 2.51. The van der Waals surface area contributed by atoms with Crippen LogP contribution in [-0.2, 0) is 9.53 Å². The first-order chi connectivity index (χ1) is 7.41. The van der Waals surface area contributed by atoms with E-state index in [9.17, 15) is 9.59 Å². The van der Waals surface area contributed by atoms with Crippen LogP contribution in [-0.4, -0.2) is 28.9 Å². The predicted octanol–water partition coefficient (Wildman–Crippen LogP) is 2.34. The molecule has 1 heterocycles. The molecule has 1 rings (SSSR count). The van der Waals surface area contributed by atoms with E-state index in [0.29, 0.717) is 6.42 Å². The Morgan fingerprint density at radius 3 is 2.56 bits per heavy atom. The number of amides is 1. The van der Waals surface area contributed by atoms with Crippen LogP contribution in [0.4, 0.5) is 4.79 Å². The number of carbonyl (C=O) groups is 2. The summed E-state index contributed by atoms with van der Waals surface area (Å²) in [6, 6.07) is -0.0938. The fraction of sp³-hybridized carbons (Fsp3) is 0.667. The Morgan fingerprint density at radius 1 is 1.44 bits per heavy atom. The molecule has 1 amide bonds. The highest BCUT2D eigenvalue weighted by Gasteiger charge is 2.30. The Labute approximate surface area is 96.3 Å². The molecule has 0 saturated carbocycles. The van der Waals surface area contributed by atoms with E-state index in [0.717, 1.165) is 0 Å². The maximum atomic E-state index is 11.8. The first kappa shape index (κ1) is 12.7. The second kappa shape index (κ2) is 5.14. The number of carbonyl (C=O) groups excluding carboxylic acids is 2. The van der Waals surface area contributed by atoms with Gasteiger partial charge in [-0.05, 0) is 25.8 Å². The lowest BCUT2D eigenvalue weighted by molar-refractivity contribution is -0.116. The molecule has 0 spiro atoms. The van der Waals surface area contributed by atoms with Crippen LogP contribution in [0.2, 0.25) is 0 Å². The van der Waals surface area contributed by atoms with E-state index in [1.165, 1.54) is 17.2 Å². The van der Waals surface area contributed by atoms with Crippen molar-refractivity contribution in [3.05, 3.63) is 12.3 Å². The average Bonchev–Trinajstić information content (AvgIpc) is 2.16. The summed E-state index contributed by atoms with van der Waals surface area (Å²) < 4.78 is 5.13. The molecule has 1 aliphatic heterocycles. The summed E-state index contributed by atoms with van der Waals surface area (Å²) in [5.74, 6) is 0.293. The second-order valence-electron chi connectivity index (χ2n) is 4.64. The lowest BCUT2D eigenvalue weighted by Crippen LogP contribution is -2.44. The van der Waals surface area contributed by atoms with Crippen molar-refractivity contribution >= 4 is 11.9 Å². The van der Waals surface area contributed by atoms with Crippen molar-refractivity contribution < 1.29 is 14.3 Å². The van der Waals surface area contributed by atoms with E-state index in [1.807, 2.05) is 13.8 Å². The van der Waals surface area contributed by atoms with Gasteiger partial charge in [0.15, 0.2) is 5.78 Å². The molecule has 0 aliphatic carbocycles. The van der Waals surface area contributed by atoms with E-state index in [1.54, 1.807) is 13.8 Å². The highest BCUT2D eigenvalue weighted by molar-refractivity contribution is 5.92. The summed E-state index contributed by atoms with van der Waals surface area (Å²) in [5.41, 5.74) is 0. The van der Waals surface area contributed by atoms with Crippen LogP contribution >= 0.6 is 0 Å². The van der Waals surface area contributed by atoms with E-state index in [-0.39, 0.29) is 29.9 Å². The minimum atomic E-state index is -0.377. The molecule has 0 fully saturated rings. The van der Waals surface area contributed by atoms with Gasteiger partial charge in [0.25, 0.3) is 0 Å². The minimum Gasteiger partial charge on any atom is -0.446 e. The third-order valence-electron chi connectivity index (χ3n) is 2.51. The topological polar surface area (TPSA) is 46.6 Å². The molecule has 4 nitrogen and oxygen atoms in total. The van der Waals surface area contributed by atoms with Crippen LogP contribution in [0, 0.1) is 5.92 Å². The van der Waals surface area contributed by atoms with Crippen molar-refractivity contribution in [3.63, 3.8) is 0 Å². The highest BCUT2D eigenvalue weighted by Crippen LogP contribution is 2.21. The standard InChI is InChI=1S/C12H19NO3/c1-8(2)11-7-10(14)5-6-13(11)12(15)16-9(3)4/h5-6,8-9,11H,7H2,1-4H3/t11-/m0/s1. The molecule has 0 bridgehead atoms. The number of ketones is 1. The molecular formula is C12H19NO3. The number of hydrogen-bond donors (Lipinski definition) is 0. The molecule has 4 heteroatoms. The van der Waals surface area contributed by atoms with E-state index in [2.05, 4.69) is 0 Å². The predicted molar refractivity (Wildman–Crippen MR) is 60.8 cm³/mol. The summed E-state index contributed by atoms with van der Waals surface area (Å²) in [4.78, 5) is 24.6. The summed E-state index contributed by atoms with van der Waals surface area (Å²) in [5, 5.41) is 0. The molecule has 0 aromatic heterocycles. The molecule has 0 saturated heterocycles. The van der Waals surface area contributed by atoms with Gasteiger partial charge in [-0.15, -0.1) is 0 Å². The van der Waals surface area contributed by atoms with Crippen LogP contribution in [0.3, 0.4) is 0 Å². The Balaban J connectivity index is 2.79. The summed E-state index contributed by atoms with van der Waals surface area (Å²) in [6.45, 7) is 7.60. The van der Waals surface area contributed by atoms with Gasteiger partial charge in [-0.1, -0.05) is 13.8 Å². The maximum absolute atomic E-state index is 11.8. The average molecular weight is 225 g/mol. The lowest BCUT2D eigenvalue weighted by atomic mass is 9.95. The van der Waals surface area contributed by atoms with Gasteiger partial charge in [0.1, 0.15) is 0 Å². The fourth-order valence-electron chi connectivity index (χ4n) is 1.66. The van der Waals surface area contributed by atoms with Crippen molar-refractivity contribution in [1.29, 1.82) is 0 Å². The van der Waals surface area contributed by atoms with Gasteiger partial charge in [-0.3, -0.25) is 9.69 Å².